The number of rotatable bonds is 1. The summed E-state index contributed by atoms with van der Waals surface area (Å²) in [6.45, 7) is 3.71. The summed E-state index contributed by atoms with van der Waals surface area (Å²) < 4.78 is 6.20. The van der Waals surface area contributed by atoms with Crippen LogP contribution in [0.5, 0.6) is 0 Å². The fourth-order valence-corrected chi connectivity index (χ4v) is 1.60. The van der Waals surface area contributed by atoms with E-state index in [1.165, 1.54) is 0 Å². The molecule has 1 heterocycles. The van der Waals surface area contributed by atoms with Crippen molar-refractivity contribution in [1.82, 2.24) is 0 Å². The molecular weight excluding hydrogens is 228 g/mol. The molecule has 65 valence electrons. The van der Waals surface area contributed by atoms with E-state index in [0.717, 1.165) is 15.6 Å². The quantitative estimate of drug-likeness (QED) is 0.731. The second-order valence-electron chi connectivity index (χ2n) is 2.81. The van der Waals surface area contributed by atoms with Crippen LogP contribution in [0.4, 0.5) is 0 Å². The molecule has 0 saturated carbocycles. The molecule has 0 saturated heterocycles. The largest absolute Gasteiger partial charge is 0.469 e. The molecule has 2 rings (SSSR count). The highest BCUT2D eigenvalue weighted by Crippen LogP contribution is 2.24. The lowest BCUT2D eigenvalue weighted by molar-refractivity contribution is 0.549. The van der Waals surface area contributed by atoms with Gasteiger partial charge in [0.15, 0.2) is 0 Å². The SMILES string of the molecule is [CH2]c1cc(-c2cccc(Br)c2)co1. The number of furan rings is 1. The Labute approximate surface area is 85.5 Å². The van der Waals surface area contributed by atoms with E-state index in [1.54, 1.807) is 6.26 Å². The smallest absolute Gasteiger partial charge is 0.104 e. The van der Waals surface area contributed by atoms with Crippen molar-refractivity contribution >= 4 is 15.9 Å². The number of halogens is 1. The topological polar surface area (TPSA) is 13.1 Å². The van der Waals surface area contributed by atoms with Crippen molar-refractivity contribution in [3.63, 3.8) is 0 Å². The Bertz CT molecular complexity index is 418. The summed E-state index contributed by atoms with van der Waals surface area (Å²) in [6.07, 6.45) is 1.71. The lowest BCUT2D eigenvalue weighted by Crippen LogP contribution is -1.72. The van der Waals surface area contributed by atoms with Crippen LogP contribution in [0.25, 0.3) is 11.1 Å². The molecule has 0 spiro atoms. The van der Waals surface area contributed by atoms with E-state index in [-0.39, 0.29) is 0 Å². The van der Waals surface area contributed by atoms with Crippen LogP contribution in [0.15, 0.2) is 45.5 Å². The third-order valence-corrected chi connectivity index (χ3v) is 2.30. The molecule has 13 heavy (non-hydrogen) atoms. The highest BCUT2D eigenvalue weighted by atomic mass is 79.9. The summed E-state index contributed by atoms with van der Waals surface area (Å²) in [5.41, 5.74) is 2.19. The molecule has 2 heteroatoms. The molecule has 1 aromatic carbocycles. The molecule has 0 unspecified atom stereocenters. The van der Waals surface area contributed by atoms with E-state index in [9.17, 15) is 0 Å². The van der Waals surface area contributed by atoms with Gasteiger partial charge in [-0.3, -0.25) is 0 Å². The van der Waals surface area contributed by atoms with Gasteiger partial charge in [-0.05, 0) is 23.8 Å². The van der Waals surface area contributed by atoms with Crippen molar-refractivity contribution in [2.45, 2.75) is 0 Å². The lowest BCUT2D eigenvalue weighted by atomic mass is 10.1. The summed E-state index contributed by atoms with van der Waals surface area (Å²) in [5, 5.41) is 0. The predicted molar refractivity (Wildman–Crippen MR) is 56.3 cm³/mol. The van der Waals surface area contributed by atoms with Crippen molar-refractivity contribution in [2.24, 2.45) is 0 Å². The Kier molecular flexibility index (Phi) is 2.23. The van der Waals surface area contributed by atoms with Crippen LogP contribution in [-0.4, -0.2) is 0 Å². The molecule has 0 fully saturated rings. The standard InChI is InChI=1S/C11H8BrO/c1-8-5-10(7-13-8)9-3-2-4-11(12)6-9/h2-7H,1H2. The van der Waals surface area contributed by atoms with Gasteiger partial charge in [0.1, 0.15) is 5.76 Å². The zero-order valence-electron chi connectivity index (χ0n) is 6.96. The van der Waals surface area contributed by atoms with E-state index in [1.807, 2.05) is 30.3 Å². The van der Waals surface area contributed by atoms with E-state index in [2.05, 4.69) is 22.9 Å². The van der Waals surface area contributed by atoms with E-state index >= 15 is 0 Å². The normalized spacial score (nSPS) is 10.3. The second kappa shape index (κ2) is 3.38. The van der Waals surface area contributed by atoms with Crippen LogP contribution in [-0.2, 0) is 0 Å². The molecule has 0 aliphatic rings. The van der Waals surface area contributed by atoms with Gasteiger partial charge >= 0.3 is 0 Å². The maximum atomic E-state index is 5.13. The fraction of sp³-hybridized carbons (Fsp3) is 0. The van der Waals surface area contributed by atoms with Crippen LogP contribution in [0.1, 0.15) is 5.76 Å². The van der Waals surface area contributed by atoms with E-state index in [4.69, 9.17) is 4.42 Å². The van der Waals surface area contributed by atoms with Gasteiger partial charge in [0.25, 0.3) is 0 Å². The average Bonchev–Trinajstić information content (AvgIpc) is 2.52. The molecule has 0 aliphatic carbocycles. The van der Waals surface area contributed by atoms with Gasteiger partial charge in [-0.25, -0.2) is 0 Å². The lowest BCUT2D eigenvalue weighted by Gasteiger charge is -1.96. The summed E-state index contributed by atoms with van der Waals surface area (Å²) in [6, 6.07) is 9.99. The molecule has 0 N–H and O–H groups in total. The van der Waals surface area contributed by atoms with Crippen LogP contribution >= 0.6 is 15.9 Å². The summed E-state index contributed by atoms with van der Waals surface area (Å²) >= 11 is 3.42. The average molecular weight is 236 g/mol. The van der Waals surface area contributed by atoms with E-state index in [0.29, 0.717) is 5.76 Å². The highest BCUT2D eigenvalue weighted by Gasteiger charge is 2.00. The molecule has 1 aromatic heterocycles. The van der Waals surface area contributed by atoms with Crippen molar-refractivity contribution in [3.05, 3.63) is 53.8 Å². The zero-order chi connectivity index (χ0) is 9.26. The van der Waals surface area contributed by atoms with Gasteiger partial charge in [0, 0.05) is 17.0 Å². The first-order valence-electron chi connectivity index (χ1n) is 3.92. The Hall–Kier alpha value is -1.02. The van der Waals surface area contributed by atoms with Gasteiger partial charge in [0.2, 0.25) is 0 Å². The minimum Gasteiger partial charge on any atom is -0.469 e. The van der Waals surface area contributed by atoms with Crippen LogP contribution in [0.2, 0.25) is 0 Å². The Balaban J connectivity index is 2.46. The third kappa shape index (κ3) is 1.83. The molecule has 1 nitrogen and oxygen atoms in total. The number of benzene rings is 1. The van der Waals surface area contributed by atoms with Crippen molar-refractivity contribution < 1.29 is 4.42 Å². The van der Waals surface area contributed by atoms with Crippen LogP contribution < -0.4 is 0 Å². The molecule has 2 aromatic rings. The number of hydrogen-bond acceptors (Lipinski definition) is 1. The first-order chi connectivity index (χ1) is 6.25. The Morgan fingerprint density at radius 3 is 2.62 bits per heavy atom. The maximum Gasteiger partial charge on any atom is 0.104 e. The molecule has 1 radical (unpaired) electrons. The number of hydrogen-bond donors (Lipinski definition) is 0. The van der Waals surface area contributed by atoms with Crippen LogP contribution in [0.3, 0.4) is 0 Å². The van der Waals surface area contributed by atoms with E-state index < -0.39 is 0 Å². The first-order valence-corrected chi connectivity index (χ1v) is 4.71. The fourth-order valence-electron chi connectivity index (χ4n) is 1.20. The second-order valence-corrected chi connectivity index (χ2v) is 3.73. The van der Waals surface area contributed by atoms with Gasteiger partial charge in [0.05, 0.1) is 6.26 Å². The van der Waals surface area contributed by atoms with Crippen molar-refractivity contribution in [1.29, 1.82) is 0 Å². The first kappa shape index (κ1) is 8.57. The molecule has 0 amide bonds. The molecule has 0 aliphatic heterocycles. The Morgan fingerprint density at radius 2 is 2.00 bits per heavy atom. The van der Waals surface area contributed by atoms with Gasteiger partial charge in [-0.15, -0.1) is 0 Å². The highest BCUT2D eigenvalue weighted by molar-refractivity contribution is 9.10. The summed E-state index contributed by atoms with van der Waals surface area (Å²) in [4.78, 5) is 0. The molecular formula is C11H8BrO. The minimum absolute atomic E-state index is 0.690. The van der Waals surface area contributed by atoms with Gasteiger partial charge in [-0.1, -0.05) is 28.1 Å². The Morgan fingerprint density at radius 1 is 1.15 bits per heavy atom. The monoisotopic (exact) mass is 235 g/mol. The summed E-state index contributed by atoms with van der Waals surface area (Å²) in [5.74, 6) is 0.690. The van der Waals surface area contributed by atoms with Crippen LogP contribution in [0, 0.1) is 6.92 Å². The summed E-state index contributed by atoms with van der Waals surface area (Å²) in [7, 11) is 0. The predicted octanol–water partition coefficient (Wildman–Crippen LogP) is 3.89. The van der Waals surface area contributed by atoms with Gasteiger partial charge in [-0.2, -0.15) is 0 Å². The maximum absolute atomic E-state index is 5.13. The molecule has 0 atom stereocenters. The van der Waals surface area contributed by atoms with Crippen molar-refractivity contribution in [2.75, 3.05) is 0 Å². The third-order valence-electron chi connectivity index (χ3n) is 1.81. The van der Waals surface area contributed by atoms with Gasteiger partial charge < -0.3 is 4.42 Å². The zero-order valence-corrected chi connectivity index (χ0v) is 8.54. The minimum atomic E-state index is 0.690. The van der Waals surface area contributed by atoms with Crippen molar-refractivity contribution in [3.8, 4) is 11.1 Å². The molecule has 0 bridgehead atoms.